The summed E-state index contributed by atoms with van der Waals surface area (Å²) in [4.78, 5) is 0. The molecule has 0 atom stereocenters. The Morgan fingerprint density at radius 2 is 1.55 bits per heavy atom. The number of benzene rings is 2. The molecule has 2 aromatic carbocycles. The minimum absolute atomic E-state index is 0. The molecule has 0 aliphatic heterocycles. The van der Waals surface area contributed by atoms with E-state index in [4.69, 9.17) is 5.73 Å². The highest BCUT2D eigenvalue weighted by molar-refractivity contribution is 5.85. The van der Waals surface area contributed by atoms with Crippen molar-refractivity contribution in [1.82, 2.24) is 0 Å². The minimum atomic E-state index is 0. The second-order valence-electron chi connectivity index (χ2n) is 5.57. The molecule has 0 unspecified atom stereocenters. The largest absolute Gasteiger partial charge is 0.326 e. The molecule has 0 fully saturated rings. The fraction of sp³-hybridized carbons (Fsp3) is 0.333. The van der Waals surface area contributed by atoms with E-state index in [0.717, 1.165) is 0 Å². The quantitative estimate of drug-likeness (QED) is 0.848. The first kappa shape index (κ1) is 16.7. The Balaban J connectivity index is 0.00000200. The van der Waals surface area contributed by atoms with Gasteiger partial charge in [-0.25, -0.2) is 0 Å². The standard InChI is InChI=1S/C18H23N.ClH/c1-12(2)15-6-5-7-16(10-15)17-8-13(3)18(11-19)14(4)9-17;/h5-10,12H,11,19H2,1-4H3;1H. The highest BCUT2D eigenvalue weighted by atomic mass is 35.5. The fourth-order valence-electron chi connectivity index (χ4n) is 2.56. The summed E-state index contributed by atoms with van der Waals surface area (Å²) in [6, 6.07) is 13.3. The first-order valence-electron chi connectivity index (χ1n) is 6.93. The van der Waals surface area contributed by atoms with Crippen molar-refractivity contribution in [3.63, 3.8) is 0 Å². The van der Waals surface area contributed by atoms with Crippen LogP contribution in [0.2, 0.25) is 0 Å². The van der Waals surface area contributed by atoms with Crippen molar-refractivity contribution < 1.29 is 0 Å². The predicted octanol–water partition coefficient (Wildman–Crippen LogP) is 4.97. The molecule has 0 aliphatic rings. The zero-order chi connectivity index (χ0) is 14.0. The molecule has 0 saturated heterocycles. The number of hydrogen-bond donors (Lipinski definition) is 1. The number of rotatable bonds is 3. The van der Waals surface area contributed by atoms with Crippen molar-refractivity contribution in [2.24, 2.45) is 5.73 Å². The Morgan fingerprint density at radius 1 is 0.950 bits per heavy atom. The highest BCUT2D eigenvalue weighted by Crippen LogP contribution is 2.27. The Labute approximate surface area is 128 Å². The zero-order valence-corrected chi connectivity index (χ0v) is 13.6. The van der Waals surface area contributed by atoms with E-state index in [1.165, 1.54) is 33.4 Å². The van der Waals surface area contributed by atoms with Gasteiger partial charge in [0.1, 0.15) is 0 Å². The molecule has 0 bridgehead atoms. The van der Waals surface area contributed by atoms with E-state index in [-0.39, 0.29) is 12.4 Å². The van der Waals surface area contributed by atoms with Crippen LogP contribution >= 0.6 is 12.4 Å². The van der Waals surface area contributed by atoms with Crippen LogP contribution in [0.25, 0.3) is 11.1 Å². The third-order valence-electron chi connectivity index (χ3n) is 3.79. The van der Waals surface area contributed by atoms with Crippen LogP contribution in [0.3, 0.4) is 0 Å². The SMILES string of the molecule is Cc1cc(-c2cccc(C(C)C)c2)cc(C)c1CN.Cl. The highest BCUT2D eigenvalue weighted by Gasteiger charge is 2.07. The first-order valence-corrected chi connectivity index (χ1v) is 6.93. The van der Waals surface area contributed by atoms with Gasteiger partial charge in [-0.1, -0.05) is 50.2 Å². The molecule has 2 N–H and O–H groups in total. The maximum absolute atomic E-state index is 5.80. The van der Waals surface area contributed by atoms with Gasteiger partial charge in [0.25, 0.3) is 0 Å². The fourth-order valence-corrected chi connectivity index (χ4v) is 2.56. The van der Waals surface area contributed by atoms with Gasteiger partial charge in [0, 0.05) is 6.54 Å². The second-order valence-corrected chi connectivity index (χ2v) is 5.57. The summed E-state index contributed by atoms with van der Waals surface area (Å²) in [7, 11) is 0. The van der Waals surface area contributed by atoms with Gasteiger partial charge in [-0.05, 0) is 53.1 Å². The average molecular weight is 290 g/mol. The summed E-state index contributed by atoms with van der Waals surface area (Å²) in [5, 5.41) is 0. The van der Waals surface area contributed by atoms with Gasteiger partial charge in [0.2, 0.25) is 0 Å². The maximum atomic E-state index is 5.80. The van der Waals surface area contributed by atoms with E-state index in [0.29, 0.717) is 12.5 Å². The molecule has 0 heterocycles. The van der Waals surface area contributed by atoms with Crippen molar-refractivity contribution >= 4 is 12.4 Å². The predicted molar refractivity (Wildman–Crippen MR) is 90.6 cm³/mol. The summed E-state index contributed by atoms with van der Waals surface area (Å²) in [5.74, 6) is 0.561. The molecule has 20 heavy (non-hydrogen) atoms. The molecule has 0 radical (unpaired) electrons. The van der Waals surface area contributed by atoms with Gasteiger partial charge < -0.3 is 5.73 Å². The molecule has 1 nitrogen and oxygen atoms in total. The van der Waals surface area contributed by atoms with E-state index in [2.05, 4.69) is 64.1 Å². The molecule has 0 spiro atoms. The summed E-state index contributed by atoms with van der Waals surface area (Å²) in [6.45, 7) is 9.36. The molecular weight excluding hydrogens is 266 g/mol. The van der Waals surface area contributed by atoms with Crippen LogP contribution in [0.15, 0.2) is 36.4 Å². The Kier molecular flexibility index (Phi) is 5.79. The van der Waals surface area contributed by atoms with E-state index < -0.39 is 0 Å². The summed E-state index contributed by atoms with van der Waals surface area (Å²) >= 11 is 0. The van der Waals surface area contributed by atoms with E-state index >= 15 is 0 Å². The molecule has 2 rings (SSSR count). The number of nitrogens with two attached hydrogens (primary N) is 1. The average Bonchev–Trinajstić information content (AvgIpc) is 2.38. The molecule has 0 aliphatic carbocycles. The topological polar surface area (TPSA) is 26.0 Å². The maximum Gasteiger partial charge on any atom is 0.0183 e. The lowest BCUT2D eigenvalue weighted by Gasteiger charge is -2.13. The molecule has 2 heteroatoms. The van der Waals surface area contributed by atoms with Gasteiger partial charge in [0.15, 0.2) is 0 Å². The molecule has 108 valence electrons. The summed E-state index contributed by atoms with van der Waals surface area (Å²) in [5.41, 5.74) is 13.6. The molecular formula is C18H24ClN. The van der Waals surface area contributed by atoms with Crippen LogP contribution in [0, 0.1) is 13.8 Å². The molecule has 0 amide bonds. The second kappa shape index (κ2) is 6.92. The van der Waals surface area contributed by atoms with Crippen molar-refractivity contribution in [3.8, 4) is 11.1 Å². The number of halogens is 1. The van der Waals surface area contributed by atoms with Crippen LogP contribution in [0.1, 0.15) is 42.0 Å². The smallest absolute Gasteiger partial charge is 0.0183 e. The van der Waals surface area contributed by atoms with Crippen molar-refractivity contribution in [1.29, 1.82) is 0 Å². The van der Waals surface area contributed by atoms with Gasteiger partial charge in [-0.3, -0.25) is 0 Å². The van der Waals surface area contributed by atoms with E-state index in [1.807, 2.05) is 0 Å². The van der Waals surface area contributed by atoms with Gasteiger partial charge in [-0.15, -0.1) is 12.4 Å². The van der Waals surface area contributed by atoms with Gasteiger partial charge in [0.05, 0.1) is 0 Å². The lowest BCUT2D eigenvalue weighted by Crippen LogP contribution is -2.02. The number of hydrogen-bond acceptors (Lipinski definition) is 1. The zero-order valence-electron chi connectivity index (χ0n) is 12.7. The summed E-state index contributed by atoms with van der Waals surface area (Å²) < 4.78 is 0. The number of aryl methyl sites for hydroxylation is 2. The van der Waals surface area contributed by atoms with E-state index in [1.54, 1.807) is 0 Å². The molecule has 0 saturated carbocycles. The Morgan fingerprint density at radius 3 is 2.05 bits per heavy atom. The first-order chi connectivity index (χ1) is 9.02. The normalized spacial score (nSPS) is 10.5. The monoisotopic (exact) mass is 289 g/mol. The van der Waals surface area contributed by atoms with Gasteiger partial charge in [-0.2, -0.15) is 0 Å². The van der Waals surface area contributed by atoms with Crippen LogP contribution in [0.5, 0.6) is 0 Å². The van der Waals surface area contributed by atoms with E-state index in [9.17, 15) is 0 Å². The Hall–Kier alpha value is -1.31. The van der Waals surface area contributed by atoms with Crippen LogP contribution < -0.4 is 5.73 Å². The van der Waals surface area contributed by atoms with Gasteiger partial charge >= 0.3 is 0 Å². The summed E-state index contributed by atoms with van der Waals surface area (Å²) in [6.07, 6.45) is 0. The van der Waals surface area contributed by atoms with Crippen LogP contribution in [-0.2, 0) is 6.54 Å². The van der Waals surface area contributed by atoms with Crippen LogP contribution in [0.4, 0.5) is 0 Å². The third kappa shape index (κ3) is 3.41. The van der Waals surface area contributed by atoms with Crippen molar-refractivity contribution in [3.05, 3.63) is 58.7 Å². The lowest BCUT2D eigenvalue weighted by atomic mass is 9.93. The van der Waals surface area contributed by atoms with Crippen molar-refractivity contribution in [2.75, 3.05) is 0 Å². The van der Waals surface area contributed by atoms with Crippen molar-refractivity contribution in [2.45, 2.75) is 40.2 Å². The third-order valence-corrected chi connectivity index (χ3v) is 3.79. The van der Waals surface area contributed by atoms with Crippen LogP contribution in [-0.4, -0.2) is 0 Å². The molecule has 2 aromatic rings. The lowest BCUT2D eigenvalue weighted by molar-refractivity contribution is 0.867. The Bertz CT molecular complexity index is 565. The molecule has 0 aromatic heterocycles. The minimum Gasteiger partial charge on any atom is -0.326 e.